The normalized spacial score (nSPS) is 20.2. The van der Waals surface area contributed by atoms with Crippen molar-refractivity contribution in [1.82, 2.24) is 36.1 Å². The van der Waals surface area contributed by atoms with Gasteiger partial charge in [0.25, 0.3) is 11.8 Å². The number of nitrogens with one attached hydrogen (secondary N) is 4. The standard InChI is InChI=1S/C40H54FN7O8/c1-6-10-28(33(49)37(52)44-25-14-15-25)45-39(54)56-31-20-26(55-30-16-13-23(2)19-27(30)41)22-48(31)38(53)34(40(3,4)5)47-36(51)32(24-11-8-7-9-12-24)46-35(50)29-21-42-17-18-43-29/h13,16-19,21,24-26,28,31-32,34H,6-12,14-15,20,22H2,1-5H3,(H,44,52)(H,45,54)(H,46,50)(H,47,51)/t26-,28-,31-,32?,34-/m1/s1. The lowest BCUT2D eigenvalue weighted by atomic mass is 9.82. The maximum atomic E-state index is 14.9. The summed E-state index contributed by atoms with van der Waals surface area (Å²) in [5, 5.41) is 10.9. The SMILES string of the molecule is CCC[C@@H](NC(=O)O[C@@H]1C[C@@H](Oc2ccc(C)cc2F)CN1C(=O)[C@@H](NC(=O)C(NC(=O)c1cnccn1)C1CCCCC1)C(C)(C)C)C(=O)C(=O)NC1CC1. The van der Waals surface area contributed by atoms with Crippen molar-refractivity contribution in [1.29, 1.82) is 0 Å². The molecular weight excluding hydrogens is 725 g/mol. The Morgan fingerprint density at radius 3 is 2.34 bits per heavy atom. The fourth-order valence-corrected chi connectivity index (χ4v) is 7.12. The van der Waals surface area contributed by atoms with E-state index in [0.29, 0.717) is 24.8 Å². The van der Waals surface area contributed by atoms with Gasteiger partial charge in [0.15, 0.2) is 17.8 Å². The molecule has 1 aliphatic heterocycles. The van der Waals surface area contributed by atoms with Crippen molar-refractivity contribution in [3.05, 3.63) is 53.9 Å². The van der Waals surface area contributed by atoms with Crippen LogP contribution in [0.4, 0.5) is 9.18 Å². The molecule has 2 aromatic rings. The first kappa shape index (κ1) is 42.0. The predicted molar refractivity (Wildman–Crippen MR) is 201 cm³/mol. The third-order valence-corrected chi connectivity index (χ3v) is 10.3. The lowest BCUT2D eigenvalue weighted by Crippen LogP contribution is -2.61. The van der Waals surface area contributed by atoms with Crippen LogP contribution in [0, 0.1) is 24.1 Å². The average Bonchev–Trinajstić information content (AvgIpc) is 3.90. The Labute approximate surface area is 326 Å². The van der Waals surface area contributed by atoms with Gasteiger partial charge in [0.1, 0.15) is 29.9 Å². The van der Waals surface area contributed by atoms with Crippen LogP contribution in [0.15, 0.2) is 36.8 Å². The molecule has 2 aliphatic carbocycles. The number of aryl methyl sites for hydroxylation is 1. The van der Waals surface area contributed by atoms with Gasteiger partial charge in [-0.25, -0.2) is 14.2 Å². The Bertz CT molecular complexity index is 1750. The summed E-state index contributed by atoms with van der Waals surface area (Å²) < 4.78 is 26.7. The van der Waals surface area contributed by atoms with E-state index in [-0.39, 0.29) is 42.8 Å². The second-order valence-electron chi connectivity index (χ2n) is 16.1. The highest BCUT2D eigenvalue weighted by atomic mass is 19.1. The zero-order valence-corrected chi connectivity index (χ0v) is 32.8. The topological polar surface area (TPSA) is 198 Å². The van der Waals surface area contributed by atoms with Crippen molar-refractivity contribution in [3.63, 3.8) is 0 Å². The first-order valence-corrected chi connectivity index (χ1v) is 19.6. The van der Waals surface area contributed by atoms with Gasteiger partial charge < -0.3 is 35.6 Å². The van der Waals surface area contributed by atoms with Crippen LogP contribution in [0.25, 0.3) is 0 Å². The van der Waals surface area contributed by atoms with Crippen molar-refractivity contribution in [3.8, 4) is 5.75 Å². The van der Waals surface area contributed by atoms with Crippen molar-refractivity contribution in [2.24, 2.45) is 11.3 Å². The van der Waals surface area contributed by atoms with Crippen molar-refractivity contribution in [2.75, 3.05) is 6.54 Å². The molecule has 0 radical (unpaired) electrons. The number of likely N-dealkylation sites (tertiary alicyclic amines) is 1. The molecule has 5 rings (SSSR count). The monoisotopic (exact) mass is 779 g/mol. The van der Waals surface area contributed by atoms with Crippen LogP contribution in [0.2, 0.25) is 0 Å². The number of carbonyl (C=O) groups is 6. The smallest absolute Gasteiger partial charge is 0.409 e. The van der Waals surface area contributed by atoms with E-state index >= 15 is 0 Å². The molecule has 56 heavy (non-hydrogen) atoms. The maximum absolute atomic E-state index is 14.9. The number of benzene rings is 1. The summed E-state index contributed by atoms with van der Waals surface area (Å²) in [7, 11) is 0. The van der Waals surface area contributed by atoms with Gasteiger partial charge in [0.05, 0.1) is 12.7 Å². The van der Waals surface area contributed by atoms with E-state index in [1.165, 1.54) is 35.6 Å². The average molecular weight is 780 g/mol. The highest BCUT2D eigenvalue weighted by Crippen LogP contribution is 2.31. The van der Waals surface area contributed by atoms with E-state index in [2.05, 4.69) is 31.2 Å². The van der Waals surface area contributed by atoms with Crippen LogP contribution in [-0.4, -0.2) is 93.4 Å². The quantitative estimate of drug-likeness (QED) is 0.193. The van der Waals surface area contributed by atoms with E-state index in [0.717, 1.165) is 32.1 Å². The number of ether oxygens (including phenoxy) is 2. The lowest BCUT2D eigenvalue weighted by molar-refractivity contribution is -0.146. The summed E-state index contributed by atoms with van der Waals surface area (Å²) in [5.74, 6) is -4.19. The molecule has 15 nitrogen and oxygen atoms in total. The van der Waals surface area contributed by atoms with E-state index < -0.39 is 77.2 Å². The first-order valence-electron chi connectivity index (χ1n) is 19.6. The third kappa shape index (κ3) is 11.2. The molecule has 304 valence electrons. The second-order valence-corrected chi connectivity index (χ2v) is 16.1. The van der Waals surface area contributed by atoms with Crippen LogP contribution in [-0.2, 0) is 23.9 Å². The number of nitrogens with zero attached hydrogens (tertiary/aromatic N) is 3. The van der Waals surface area contributed by atoms with E-state index in [1.54, 1.807) is 40.7 Å². The molecule has 4 N–H and O–H groups in total. The Balaban J connectivity index is 1.37. The Kier molecular flexibility index (Phi) is 14.0. The van der Waals surface area contributed by atoms with E-state index in [1.807, 2.05) is 0 Å². The molecule has 2 heterocycles. The summed E-state index contributed by atoms with van der Waals surface area (Å²) in [6.45, 7) is 8.71. The van der Waals surface area contributed by atoms with Gasteiger partial charge in [-0.15, -0.1) is 0 Å². The minimum Gasteiger partial charge on any atom is -0.485 e. The van der Waals surface area contributed by atoms with E-state index in [9.17, 15) is 33.2 Å². The molecule has 1 aromatic carbocycles. The number of amides is 5. The first-order chi connectivity index (χ1) is 26.6. The number of halogens is 1. The predicted octanol–water partition coefficient (Wildman–Crippen LogP) is 3.88. The molecule has 2 saturated carbocycles. The molecular formula is C40H54FN7O8. The molecule has 3 aliphatic rings. The van der Waals surface area contributed by atoms with Crippen molar-refractivity contribution in [2.45, 2.75) is 135 Å². The van der Waals surface area contributed by atoms with Gasteiger partial charge in [0.2, 0.25) is 17.6 Å². The number of hydrogen-bond donors (Lipinski definition) is 4. The van der Waals surface area contributed by atoms with Crippen LogP contribution < -0.4 is 26.0 Å². The molecule has 5 atom stereocenters. The van der Waals surface area contributed by atoms with Crippen molar-refractivity contribution < 1.29 is 42.6 Å². The second kappa shape index (κ2) is 18.7. The van der Waals surface area contributed by atoms with Crippen molar-refractivity contribution >= 4 is 35.5 Å². The summed E-state index contributed by atoms with van der Waals surface area (Å²) in [5.41, 5.74) is -0.162. The number of alkyl carbamates (subject to hydrolysis) is 1. The van der Waals surface area contributed by atoms with E-state index in [4.69, 9.17) is 9.47 Å². The number of ketones is 1. The van der Waals surface area contributed by atoms with Crippen LogP contribution in [0.1, 0.15) is 108 Å². The van der Waals surface area contributed by atoms with Gasteiger partial charge in [-0.05, 0) is 68.1 Å². The zero-order valence-electron chi connectivity index (χ0n) is 32.8. The molecule has 3 fully saturated rings. The van der Waals surface area contributed by atoms with Crippen LogP contribution in [0.3, 0.4) is 0 Å². The summed E-state index contributed by atoms with van der Waals surface area (Å²) >= 11 is 0. The summed E-state index contributed by atoms with van der Waals surface area (Å²) in [6, 6.07) is 1.08. The van der Waals surface area contributed by atoms with Crippen LogP contribution in [0.5, 0.6) is 5.75 Å². The van der Waals surface area contributed by atoms with Crippen LogP contribution >= 0.6 is 0 Å². The molecule has 16 heteroatoms. The number of hydrogen-bond acceptors (Lipinski definition) is 10. The molecule has 0 spiro atoms. The Hall–Kier alpha value is -5.15. The number of rotatable bonds is 15. The summed E-state index contributed by atoms with van der Waals surface area (Å²) in [6.07, 6.45) is 7.30. The highest BCUT2D eigenvalue weighted by molar-refractivity contribution is 6.38. The number of aromatic nitrogens is 2. The summed E-state index contributed by atoms with van der Waals surface area (Å²) in [4.78, 5) is 90.4. The molecule has 1 unspecified atom stereocenters. The minimum absolute atomic E-state index is 0.0439. The Morgan fingerprint density at radius 2 is 1.71 bits per heavy atom. The Morgan fingerprint density at radius 1 is 0.982 bits per heavy atom. The zero-order chi connectivity index (χ0) is 40.6. The van der Waals surface area contributed by atoms with Gasteiger partial charge >= 0.3 is 6.09 Å². The molecule has 1 aromatic heterocycles. The molecule has 0 bridgehead atoms. The van der Waals surface area contributed by atoms with Gasteiger partial charge in [-0.1, -0.05) is 59.4 Å². The number of Topliss-reactive ketones (excluding diaryl/α,β-unsaturated/α-hetero) is 1. The molecule has 5 amide bonds. The maximum Gasteiger partial charge on any atom is 0.409 e. The minimum atomic E-state index is -1.26. The van der Waals surface area contributed by atoms with Gasteiger partial charge in [-0.2, -0.15) is 0 Å². The number of carbonyl (C=O) groups excluding carboxylic acids is 6. The van der Waals surface area contributed by atoms with Gasteiger partial charge in [0, 0.05) is 24.9 Å². The fourth-order valence-electron chi connectivity index (χ4n) is 7.12. The molecule has 1 saturated heterocycles. The largest absolute Gasteiger partial charge is 0.485 e. The highest BCUT2D eigenvalue weighted by Gasteiger charge is 2.46. The van der Waals surface area contributed by atoms with Gasteiger partial charge in [-0.3, -0.25) is 29.0 Å². The third-order valence-electron chi connectivity index (χ3n) is 10.3. The fraction of sp³-hybridized carbons (Fsp3) is 0.600. The lowest BCUT2D eigenvalue weighted by Gasteiger charge is -2.37.